The van der Waals surface area contributed by atoms with Gasteiger partial charge in [0.05, 0.1) is 6.26 Å². The minimum Gasteiger partial charge on any atom is -0.434 e. The summed E-state index contributed by atoms with van der Waals surface area (Å²) in [7, 11) is -3.27. The fraction of sp³-hybridized carbons (Fsp3) is 0.438. The first-order valence-corrected chi connectivity index (χ1v) is 9.62. The molecule has 0 radical (unpaired) electrons. The molecule has 1 amide bonds. The first kappa shape index (κ1) is 19.3. The SMILES string of the molecule is CS(=O)(=O)NC1CCN(C(=O)/C=C/c2ccccc2OC(F)F)CC1. The third kappa shape index (κ3) is 6.43. The van der Waals surface area contributed by atoms with Crippen LogP contribution in [0.15, 0.2) is 30.3 Å². The number of sulfonamides is 1. The van der Waals surface area contributed by atoms with Crippen molar-refractivity contribution in [2.75, 3.05) is 19.3 Å². The highest BCUT2D eigenvalue weighted by atomic mass is 32.2. The van der Waals surface area contributed by atoms with Crippen LogP contribution in [-0.2, 0) is 14.8 Å². The van der Waals surface area contributed by atoms with E-state index in [9.17, 15) is 22.0 Å². The molecular formula is C16H20F2N2O4S. The van der Waals surface area contributed by atoms with Gasteiger partial charge in [-0.15, -0.1) is 0 Å². The van der Waals surface area contributed by atoms with Crippen molar-refractivity contribution in [2.45, 2.75) is 25.5 Å². The Hall–Kier alpha value is -2.00. The van der Waals surface area contributed by atoms with Gasteiger partial charge in [-0.05, 0) is 25.0 Å². The lowest BCUT2D eigenvalue weighted by Crippen LogP contribution is -2.45. The lowest BCUT2D eigenvalue weighted by atomic mass is 10.1. The molecule has 1 saturated heterocycles. The average molecular weight is 374 g/mol. The summed E-state index contributed by atoms with van der Waals surface area (Å²) < 4.78 is 54.1. The van der Waals surface area contributed by atoms with Gasteiger partial charge >= 0.3 is 6.61 Å². The van der Waals surface area contributed by atoms with Gasteiger partial charge in [0.2, 0.25) is 15.9 Å². The molecule has 0 aliphatic carbocycles. The van der Waals surface area contributed by atoms with Gasteiger partial charge in [-0.2, -0.15) is 8.78 Å². The number of para-hydroxylation sites is 1. The van der Waals surface area contributed by atoms with Crippen LogP contribution >= 0.6 is 0 Å². The van der Waals surface area contributed by atoms with Gasteiger partial charge in [-0.25, -0.2) is 13.1 Å². The standard InChI is InChI=1S/C16H20F2N2O4S/c1-25(22,23)19-13-8-10-20(11-9-13)15(21)7-6-12-4-2-3-5-14(12)24-16(17)18/h2-7,13,16,19H,8-11H2,1H3/b7-6+. The van der Waals surface area contributed by atoms with Crippen molar-refractivity contribution in [2.24, 2.45) is 0 Å². The second-order valence-corrected chi connectivity index (χ2v) is 7.52. The monoisotopic (exact) mass is 374 g/mol. The molecule has 0 saturated carbocycles. The zero-order valence-corrected chi connectivity index (χ0v) is 14.5. The molecular weight excluding hydrogens is 354 g/mol. The number of amides is 1. The number of benzene rings is 1. The number of nitrogens with one attached hydrogen (secondary N) is 1. The third-order valence-corrected chi connectivity index (χ3v) is 4.49. The van der Waals surface area contributed by atoms with E-state index < -0.39 is 16.6 Å². The van der Waals surface area contributed by atoms with Gasteiger partial charge in [0.1, 0.15) is 5.75 Å². The van der Waals surface area contributed by atoms with Crippen LogP contribution < -0.4 is 9.46 Å². The minimum atomic E-state index is -3.27. The number of ether oxygens (including phenoxy) is 1. The molecule has 1 aliphatic rings. The van der Waals surface area contributed by atoms with E-state index in [-0.39, 0.29) is 17.7 Å². The Bertz CT molecular complexity index is 729. The Morgan fingerprint density at radius 1 is 1.32 bits per heavy atom. The zero-order valence-electron chi connectivity index (χ0n) is 13.7. The van der Waals surface area contributed by atoms with Crippen molar-refractivity contribution in [1.29, 1.82) is 0 Å². The molecule has 0 aromatic heterocycles. The van der Waals surface area contributed by atoms with Crippen molar-refractivity contribution in [3.8, 4) is 5.75 Å². The molecule has 1 fully saturated rings. The Kier molecular flexibility index (Phi) is 6.49. The van der Waals surface area contributed by atoms with Gasteiger partial charge in [0.15, 0.2) is 0 Å². The molecule has 1 aromatic rings. The molecule has 6 nitrogen and oxygen atoms in total. The fourth-order valence-corrected chi connectivity index (χ4v) is 3.45. The smallest absolute Gasteiger partial charge is 0.387 e. The summed E-state index contributed by atoms with van der Waals surface area (Å²) in [6, 6.07) is 6.02. The highest BCUT2D eigenvalue weighted by Gasteiger charge is 2.23. The summed E-state index contributed by atoms with van der Waals surface area (Å²) in [5.74, 6) is -0.262. The summed E-state index contributed by atoms with van der Waals surface area (Å²) in [4.78, 5) is 13.8. The van der Waals surface area contributed by atoms with Gasteiger partial charge in [0, 0.05) is 30.8 Å². The molecule has 2 rings (SSSR count). The molecule has 0 bridgehead atoms. The van der Waals surface area contributed by atoms with E-state index in [2.05, 4.69) is 9.46 Å². The van der Waals surface area contributed by atoms with Crippen LogP contribution in [0.1, 0.15) is 18.4 Å². The van der Waals surface area contributed by atoms with Crippen LogP contribution in [0, 0.1) is 0 Å². The van der Waals surface area contributed by atoms with Crippen LogP contribution in [0.2, 0.25) is 0 Å². The summed E-state index contributed by atoms with van der Waals surface area (Å²) in [6.45, 7) is -2.09. The minimum absolute atomic E-state index is 0.00221. The Labute approximate surface area is 145 Å². The maximum absolute atomic E-state index is 12.4. The molecule has 0 atom stereocenters. The predicted octanol–water partition coefficient (Wildman–Crippen LogP) is 1.84. The highest BCUT2D eigenvalue weighted by Crippen LogP contribution is 2.22. The van der Waals surface area contributed by atoms with Gasteiger partial charge in [-0.1, -0.05) is 18.2 Å². The van der Waals surface area contributed by atoms with Crippen molar-refractivity contribution in [1.82, 2.24) is 9.62 Å². The first-order valence-electron chi connectivity index (χ1n) is 7.73. The van der Waals surface area contributed by atoms with Crippen LogP contribution in [0.4, 0.5) is 8.78 Å². The lowest BCUT2D eigenvalue weighted by molar-refractivity contribution is -0.126. The Morgan fingerprint density at radius 2 is 1.96 bits per heavy atom. The van der Waals surface area contributed by atoms with E-state index in [1.807, 2.05) is 0 Å². The number of halogens is 2. The number of alkyl halides is 2. The van der Waals surface area contributed by atoms with Crippen LogP contribution in [-0.4, -0.2) is 51.2 Å². The van der Waals surface area contributed by atoms with E-state index in [0.29, 0.717) is 31.5 Å². The summed E-state index contributed by atoms with van der Waals surface area (Å²) in [5, 5.41) is 0. The number of carbonyl (C=O) groups is 1. The molecule has 1 heterocycles. The maximum atomic E-state index is 12.4. The molecule has 1 N–H and O–H groups in total. The largest absolute Gasteiger partial charge is 0.434 e. The lowest BCUT2D eigenvalue weighted by Gasteiger charge is -2.31. The van der Waals surface area contributed by atoms with E-state index in [1.165, 1.54) is 18.2 Å². The van der Waals surface area contributed by atoms with Crippen molar-refractivity contribution in [3.05, 3.63) is 35.9 Å². The van der Waals surface area contributed by atoms with Crippen LogP contribution in [0.5, 0.6) is 5.75 Å². The molecule has 1 aromatic carbocycles. The van der Waals surface area contributed by atoms with Crippen molar-refractivity contribution < 1.29 is 26.7 Å². The van der Waals surface area contributed by atoms with Gasteiger partial charge in [0.25, 0.3) is 0 Å². The fourth-order valence-electron chi connectivity index (χ4n) is 2.61. The first-order chi connectivity index (χ1) is 11.7. The topological polar surface area (TPSA) is 75.7 Å². The van der Waals surface area contributed by atoms with Crippen LogP contribution in [0.3, 0.4) is 0 Å². The summed E-state index contributed by atoms with van der Waals surface area (Å²) in [5.41, 5.74) is 0.379. The van der Waals surface area contributed by atoms with Crippen molar-refractivity contribution in [3.63, 3.8) is 0 Å². The molecule has 0 unspecified atom stereocenters. The van der Waals surface area contributed by atoms with Crippen molar-refractivity contribution >= 4 is 22.0 Å². The molecule has 1 aliphatic heterocycles. The second-order valence-electron chi connectivity index (χ2n) is 5.74. The summed E-state index contributed by atoms with van der Waals surface area (Å²) in [6.07, 6.45) is 4.89. The number of rotatable bonds is 6. The Balaban J connectivity index is 1.94. The number of hydrogen-bond donors (Lipinski definition) is 1. The maximum Gasteiger partial charge on any atom is 0.387 e. The molecule has 0 spiro atoms. The number of nitrogens with zero attached hydrogens (tertiary/aromatic N) is 1. The molecule has 9 heteroatoms. The number of likely N-dealkylation sites (tertiary alicyclic amines) is 1. The number of piperidine rings is 1. The second kappa shape index (κ2) is 8.39. The number of hydrogen-bond acceptors (Lipinski definition) is 4. The average Bonchev–Trinajstić information content (AvgIpc) is 2.52. The van der Waals surface area contributed by atoms with E-state index in [4.69, 9.17) is 0 Å². The van der Waals surface area contributed by atoms with E-state index >= 15 is 0 Å². The van der Waals surface area contributed by atoms with Crippen LogP contribution in [0.25, 0.3) is 6.08 Å². The quantitative estimate of drug-likeness (QED) is 0.771. The van der Waals surface area contributed by atoms with E-state index in [0.717, 1.165) is 6.26 Å². The molecule has 25 heavy (non-hydrogen) atoms. The summed E-state index contributed by atoms with van der Waals surface area (Å²) >= 11 is 0. The van der Waals surface area contributed by atoms with Gasteiger partial charge < -0.3 is 9.64 Å². The third-order valence-electron chi connectivity index (χ3n) is 3.73. The molecule has 138 valence electrons. The predicted molar refractivity (Wildman–Crippen MR) is 89.7 cm³/mol. The normalized spacial score (nSPS) is 16.6. The zero-order chi connectivity index (χ0) is 18.4. The highest BCUT2D eigenvalue weighted by molar-refractivity contribution is 7.88. The number of carbonyl (C=O) groups excluding carboxylic acids is 1. The van der Waals surface area contributed by atoms with Gasteiger partial charge in [-0.3, -0.25) is 4.79 Å². The Morgan fingerprint density at radius 3 is 2.56 bits per heavy atom. The van der Waals surface area contributed by atoms with E-state index in [1.54, 1.807) is 23.1 Å².